The summed E-state index contributed by atoms with van der Waals surface area (Å²) in [6.45, 7) is 0. The van der Waals surface area contributed by atoms with Crippen LogP contribution in [0.25, 0.3) is 0 Å². The van der Waals surface area contributed by atoms with Gasteiger partial charge in [-0.3, -0.25) is 4.79 Å². The van der Waals surface area contributed by atoms with Crippen LogP contribution < -0.4 is 10.5 Å². The van der Waals surface area contributed by atoms with E-state index in [1.54, 1.807) is 25.3 Å². The second kappa shape index (κ2) is 4.17. The number of nitrogen functional groups attached to an aromatic ring is 1. The smallest absolute Gasteiger partial charge is 0.193 e. The van der Waals surface area contributed by atoms with Crippen molar-refractivity contribution in [3.8, 4) is 17.6 Å². The Bertz CT molecular complexity index is 374. The molecule has 0 fully saturated rings. The molecule has 1 aromatic rings. The molecule has 0 unspecified atom stereocenters. The van der Waals surface area contributed by atoms with Gasteiger partial charge in [0.15, 0.2) is 6.29 Å². The summed E-state index contributed by atoms with van der Waals surface area (Å²) < 4.78 is 4.98. The summed E-state index contributed by atoms with van der Waals surface area (Å²) >= 11 is 0. The summed E-state index contributed by atoms with van der Waals surface area (Å²) in [4.78, 5) is 9.98. The van der Waals surface area contributed by atoms with E-state index in [2.05, 4.69) is 11.8 Å². The van der Waals surface area contributed by atoms with E-state index in [0.717, 1.165) is 0 Å². The molecule has 0 heterocycles. The molecule has 66 valence electrons. The SMILES string of the molecule is COc1cc(N)cc(C#CC=O)c1. The van der Waals surface area contributed by atoms with Crippen molar-refractivity contribution in [2.45, 2.75) is 0 Å². The lowest BCUT2D eigenvalue weighted by Crippen LogP contribution is -1.89. The van der Waals surface area contributed by atoms with Gasteiger partial charge >= 0.3 is 0 Å². The van der Waals surface area contributed by atoms with Gasteiger partial charge in [-0.25, -0.2) is 0 Å². The first-order valence-corrected chi connectivity index (χ1v) is 3.66. The summed E-state index contributed by atoms with van der Waals surface area (Å²) in [7, 11) is 1.55. The molecule has 3 heteroatoms. The standard InChI is InChI=1S/C10H9NO2/c1-13-10-6-8(3-2-4-12)5-9(11)7-10/h4-7H,11H2,1H3. The van der Waals surface area contributed by atoms with Crippen LogP contribution >= 0.6 is 0 Å². The number of carbonyl (C=O) groups excluding carboxylic acids is 1. The molecule has 0 bridgehead atoms. The van der Waals surface area contributed by atoms with E-state index in [0.29, 0.717) is 23.3 Å². The van der Waals surface area contributed by atoms with Gasteiger partial charge in [0.25, 0.3) is 0 Å². The predicted molar refractivity (Wildman–Crippen MR) is 50.3 cm³/mol. The summed E-state index contributed by atoms with van der Waals surface area (Å²) in [5, 5.41) is 0. The number of anilines is 1. The zero-order valence-electron chi connectivity index (χ0n) is 7.20. The Balaban J connectivity index is 3.08. The molecular formula is C10H9NO2. The molecule has 2 N–H and O–H groups in total. The number of ether oxygens (including phenoxy) is 1. The highest BCUT2D eigenvalue weighted by molar-refractivity contribution is 5.74. The molecule has 0 radical (unpaired) electrons. The van der Waals surface area contributed by atoms with E-state index in [1.165, 1.54) is 0 Å². The molecule has 0 saturated carbocycles. The molecule has 1 rings (SSSR count). The van der Waals surface area contributed by atoms with Crippen molar-refractivity contribution in [3.05, 3.63) is 23.8 Å². The van der Waals surface area contributed by atoms with Gasteiger partial charge in [0.2, 0.25) is 0 Å². The van der Waals surface area contributed by atoms with E-state index < -0.39 is 0 Å². The van der Waals surface area contributed by atoms with Crippen LogP contribution in [0.3, 0.4) is 0 Å². The van der Waals surface area contributed by atoms with Crippen LogP contribution in [0.2, 0.25) is 0 Å². The molecule has 0 aliphatic heterocycles. The normalized spacial score (nSPS) is 8.38. The second-order valence-corrected chi connectivity index (χ2v) is 2.38. The maximum atomic E-state index is 9.98. The molecular weight excluding hydrogens is 166 g/mol. The van der Waals surface area contributed by atoms with Crippen LogP contribution in [0.5, 0.6) is 5.75 Å². The topological polar surface area (TPSA) is 52.3 Å². The Morgan fingerprint density at radius 1 is 1.46 bits per heavy atom. The van der Waals surface area contributed by atoms with Crippen molar-refractivity contribution >= 4 is 12.0 Å². The molecule has 13 heavy (non-hydrogen) atoms. The fourth-order valence-electron chi connectivity index (χ4n) is 0.925. The third kappa shape index (κ3) is 2.53. The van der Waals surface area contributed by atoms with Gasteiger partial charge in [-0.15, -0.1) is 0 Å². The number of nitrogens with two attached hydrogens (primary N) is 1. The minimum Gasteiger partial charge on any atom is -0.497 e. The van der Waals surface area contributed by atoms with Crippen molar-refractivity contribution < 1.29 is 9.53 Å². The number of hydrogen-bond acceptors (Lipinski definition) is 3. The second-order valence-electron chi connectivity index (χ2n) is 2.38. The highest BCUT2D eigenvalue weighted by atomic mass is 16.5. The van der Waals surface area contributed by atoms with Gasteiger partial charge in [0.05, 0.1) is 7.11 Å². The summed E-state index contributed by atoms with van der Waals surface area (Å²) in [5.41, 5.74) is 6.81. The van der Waals surface area contributed by atoms with E-state index in [-0.39, 0.29) is 0 Å². The highest BCUT2D eigenvalue weighted by Gasteiger charge is 1.95. The first kappa shape index (κ1) is 9.14. The molecule has 0 amide bonds. The fraction of sp³-hybridized carbons (Fsp3) is 0.100. The first-order valence-electron chi connectivity index (χ1n) is 3.66. The third-order valence-electron chi connectivity index (χ3n) is 1.44. The molecule has 0 saturated heterocycles. The average Bonchev–Trinajstić information content (AvgIpc) is 2.14. The summed E-state index contributed by atoms with van der Waals surface area (Å²) in [5.74, 6) is 5.57. The van der Waals surface area contributed by atoms with E-state index in [1.807, 2.05) is 0 Å². The Hall–Kier alpha value is -1.95. The van der Waals surface area contributed by atoms with Gasteiger partial charge in [-0.05, 0) is 18.1 Å². The van der Waals surface area contributed by atoms with E-state index >= 15 is 0 Å². The summed E-state index contributed by atoms with van der Waals surface area (Å²) in [6, 6.07) is 5.08. The van der Waals surface area contributed by atoms with Crippen molar-refractivity contribution in [3.63, 3.8) is 0 Å². The van der Waals surface area contributed by atoms with Gasteiger partial charge in [-0.1, -0.05) is 5.92 Å². The van der Waals surface area contributed by atoms with Gasteiger partial charge in [-0.2, -0.15) is 0 Å². The Kier molecular flexibility index (Phi) is 2.93. The van der Waals surface area contributed by atoms with Crippen LogP contribution in [0, 0.1) is 11.8 Å². The van der Waals surface area contributed by atoms with Crippen LogP contribution in [-0.4, -0.2) is 13.4 Å². The lowest BCUT2D eigenvalue weighted by atomic mass is 10.2. The maximum Gasteiger partial charge on any atom is 0.193 e. The van der Waals surface area contributed by atoms with E-state index in [4.69, 9.17) is 10.5 Å². The molecule has 3 nitrogen and oxygen atoms in total. The maximum absolute atomic E-state index is 9.98. The number of rotatable bonds is 1. The lowest BCUT2D eigenvalue weighted by Gasteiger charge is -2.01. The first-order chi connectivity index (χ1) is 6.26. The van der Waals surface area contributed by atoms with Gasteiger partial charge in [0, 0.05) is 17.3 Å². The largest absolute Gasteiger partial charge is 0.497 e. The number of methoxy groups -OCH3 is 1. The van der Waals surface area contributed by atoms with Gasteiger partial charge in [0.1, 0.15) is 5.75 Å². The average molecular weight is 175 g/mol. The predicted octanol–water partition coefficient (Wildman–Crippen LogP) is 0.828. The molecule has 1 aromatic carbocycles. The zero-order valence-corrected chi connectivity index (χ0v) is 7.20. The van der Waals surface area contributed by atoms with Crippen LogP contribution in [-0.2, 0) is 4.79 Å². The monoisotopic (exact) mass is 175 g/mol. The van der Waals surface area contributed by atoms with Crippen LogP contribution in [0.15, 0.2) is 18.2 Å². The Morgan fingerprint density at radius 3 is 2.85 bits per heavy atom. The third-order valence-corrected chi connectivity index (χ3v) is 1.44. The minimum atomic E-state index is 0.537. The number of hydrogen-bond donors (Lipinski definition) is 1. The quantitative estimate of drug-likeness (QED) is 0.390. The van der Waals surface area contributed by atoms with E-state index in [9.17, 15) is 4.79 Å². The Morgan fingerprint density at radius 2 is 2.23 bits per heavy atom. The number of aldehydes is 1. The van der Waals surface area contributed by atoms with Crippen LogP contribution in [0.4, 0.5) is 5.69 Å². The zero-order chi connectivity index (χ0) is 9.68. The van der Waals surface area contributed by atoms with Crippen molar-refractivity contribution in [2.75, 3.05) is 12.8 Å². The van der Waals surface area contributed by atoms with Crippen molar-refractivity contribution in [1.82, 2.24) is 0 Å². The van der Waals surface area contributed by atoms with Crippen molar-refractivity contribution in [1.29, 1.82) is 0 Å². The minimum absolute atomic E-state index is 0.537. The Labute approximate surface area is 76.5 Å². The molecule has 0 spiro atoms. The molecule has 0 aromatic heterocycles. The van der Waals surface area contributed by atoms with Gasteiger partial charge < -0.3 is 10.5 Å². The lowest BCUT2D eigenvalue weighted by molar-refractivity contribution is -0.103. The summed E-state index contributed by atoms with van der Waals surface area (Å²) in [6.07, 6.45) is 0.537. The molecule has 0 atom stereocenters. The number of carbonyl (C=O) groups is 1. The molecule has 0 aliphatic carbocycles. The van der Waals surface area contributed by atoms with Crippen molar-refractivity contribution in [2.24, 2.45) is 0 Å². The fourth-order valence-corrected chi connectivity index (χ4v) is 0.925. The van der Waals surface area contributed by atoms with Crippen LogP contribution in [0.1, 0.15) is 5.56 Å². The molecule has 0 aliphatic rings. The highest BCUT2D eigenvalue weighted by Crippen LogP contribution is 2.17. The number of benzene rings is 1.